The average molecular weight is 805 g/mol. The smallest absolute Gasteiger partial charge is 0.136 e. The summed E-state index contributed by atoms with van der Waals surface area (Å²) in [5, 5.41) is 4.78. The maximum Gasteiger partial charge on any atom is 0.136 e. The molecule has 0 N–H and O–H groups in total. The van der Waals surface area contributed by atoms with Crippen molar-refractivity contribution in [3.8, 4) is 50.2 Å². The Morgan fingerprint density at radius 3 is 1.52 bits per heavy atom. The fraction of sp³-hybridized carbons (Fsp3) is 0. The Labute approximate surface area is 366 Å². The van der Waals surface area contributed by atoms with Crippen molar-refractivity contribution in [2.75, 3.05) is 4.90 Å². The van der Waals surface area contributed by atoms with Crippen LogP contribution in [0.15, 0.2) is 247 Å². The summed E-state index contributed by atoms with van der Waals surface area (Å²) in [6.45, 7) is 0. The number of hydrogen-bond donors (Lipinski definition) is 0. The molecule has 10 aromatic carbocycles. The van der Waals surface area contributed by atoms with E-state index < -0.39 is 0 Å². The summed E-state index contributed by atoms with van der Waals surface area (Å²) in [4.78, 5) is 2.37. The third-order valence-electron chi connectivity index (χ3n) is 12.4. The highest BCUT2D eigenvalue weighted by Crippen LogP contribution is 2.42. The molecule has 0 saturated heterocycles. The number of anilines is 3. The van der Waals surface area contributed by atoms with E-state index in [2.05, 4.69) is 240 Å². The van der Waals surface area contributed by atoms with Crippen LogP contribution >= 0.6 is 0 Å². The van der Waals surface area contributed by atoms with Crippen molar-refractivity contribution in [2.24, 2.45) is 0 Å². The van der Waals surface area contributed by atoms with Crippen LogP contribution in [0.25, 0.3) is 93.9 Å². The summed E-state index contributed by atoms with van der Waals surface area (Å²) in [6.07, 6.45) is 0. The van der Waals surface area contributed by atoms with Crippen LogP contribution in [0.1, 0.15) is 0 Å². The standard InChI is InChI=1S/C60H40N2O/c1-2-15-42(16-3-1)51-23-4-5-24-52(51)46-19-14-21-49(39-46)61(48-20-13-18-44(38-48)45-33-36-56-55-27-8-11-30-59(55)63-60(56)40-45)47-34-31-41(32-35-47)43-17-12-22-50(37-43)62-57-28-9-6-25-53(57)54-26-7-10-29-58(54)62/h1-40H. The molecular formula is C60H40N2O. The minimum atomic E-state index is 0.888. The molecule has 12 rings (SSSR count). The third kappa shape index (κ3) is 6.46. The fourth-order valence-electron chi connectivity index (χ4n) is 9.42. The first-order valence-electron chi connectivity index (χ1n) is 21.5. The lowest BCUT2D eigenvalue weighted by molar-refractivity contribution is 0.669. The number of furan rings is 1. The first-order chi connectivity index (χ1) is 31.2. The van der Waals surface area contributed by atoms with Crippen LogP contribution in [0.3, 0.4) is 0 Å². The van der Waals surface area contributed by atoms with Crippen molar-refractivity contribution >= 4 is 60.8 Å². The van der Waals surface area contributed by atoms with Crippen LogP contribution in [0.2, 0.25) is 0 Å². The summed E-state index contributed by atoms with van der Waals surface area (Å²) in [6, 6.07) is 87.2. The third-order valence-corrected chi connectivity index (χ3v) is 12.4. The first kappa shape index (κ1) is 36.5. The second kappa shape index (κ2) is 15.3. The van der Waals surface area contributed by atoms with E-state index in [0.717, 1.165) is 72.5 Å². The molecule has 0 amide bonds. The van der Waals surface area contributed by atoms with Crippen LogP contribution in [-0.4, -0.2) is 4.57 Å². The van der Waals surface area contributed by atoms with Gasteiger partial charge >= 0.3 is 0 Å². The summed E-state index contributed by atoms with van der Waals surface area (Å²) in [7, 11) is 0. The Kier molecular flexibility index (Phi) is 8.83. The van der Waals surface area contributed by atoms with Crippen LogP contribution in [-0.2, 0) is 0 Å². The highest BCUT2D eigenvalue weighted by atomic mass is 16.3. The van der Waals surface area contributed by atoms with Crippen molar-refractivity contribution < 1.29 is 4.42 Å². The van der Waals surface area contributed by atoms with Gasteiger partial charge in [0.05, 0.1) is 11.0 Å². The van der Waals surface area contributed by atoms with E-state index in [-0.39, 0.29) is 0 Å². The molecule has 0 aliphatic rings. The number of hydrogen-bond acceptors (Lipinski definition) is 2. The zero-order valence-electron chi connectivity index (χ0n) is 34.4. The zero-order chi connectivity index (χ0) is 41.7. The molecule has 3 heteroatoms. The van der Waals surface area contributed by atoms with Crippen LogP contribution < -0.4 is 4.90 Å². The van der Waals surface area contributed by atoms with Crippen molar-refractivity contribution in [3.63, 3.8) is 0 Å². The van der Waals surface area contributed by atoms with Gasteiger partial charge in [-0.3, -0.25) is 0 Å². The molecule has 0 spiro atoms. The first-order valence-corrected chi connectivity index (χ1v) is 21.5. The molecule has 2 aromatic heterocycles. The molecular weight excluding hydrogens is 765 g/mol. The zero-order valence-corrected chi connectivity index (χ0v) is 34.4. The quantitative estimate of drug-likeness (QED) is 0.153. The lowest BCUT2D eigenvalue weighted by Gasteiger charge is -2.27. The predicted molar refractivity (Wildman–Crippen MR) is 264 cm³/mol. The molecule has 2 heterocycles. The maximum atomic E-state index is 6.33. The number of benzene rings is 10. The van der Waals surface area contributed by atoms with Gasteiger partial charge in [0.15, 0.2) is 0 Å². The Morgan fingerprint density at radius 2 is 0.794 bits per heavy atom. The van der Waals surface area contributed by atoms with Gasteiger partial charge < -0.3 is 13.9 Å². The number of fused-ring (bicyclic) bond motifs is 6. The maximum absolute atomic E-state index is 6.33. The van der Waals surface area contributed by atoms with Crippen molar-refractivity contribution in [2.45, 2.75) is 0 Å². The Morgan fingerprint density at radius 1 is 0.286 bits per heavy atom. The molecule has 12 aromatic rings. The fourth-order valence-corrected chi connectivity index (χ4v) is 9.42. The minimum Gasteiger partial charge on any atom is -0.456 e. The second-order valence-corrected chi connectivity index (χ2v) is 16.1. The molecule has 0 bridgehead atoms. The largest absolute Gasteiger partial charge is 0.456 e. The topological polar surface area (TPSA) is 21.3 Å². The van der Waals surface area contributed by atoms with Crippen LogP contribution in [0.4, 0.5) is 17.1 Å². The normalized spacial score (nSPS) is 11.5. The molecule has 0 saturated carbocycles. The number of rotatable bonds is 8. The number of para-hydroxylation sites is 3. The number of aromatic nitrogens is 1. The molecule has 0 fully saturated rings. The summed E-state index contributed by atoms with van der Waals surface area (Å²) in [5.41, 5.74) is 17.8. The lowest BCUT2D eigenvalue weighted by atomic mass is 9.94. The molecule has 0 aliphatic carbocycles. The molecule has 63 heavy (non-hydrogen) atoms. The van der Waals surface area contributed by atoms with E-state index in [1.54, 1.807) is 0 Å². The number of nitrogens with zero attached hydrogens (tertiary/aromatic N) is 2. The van der Waals surface area contributed by atoms with E-state index in [4.69, 9.17) is 4.42 Å². The SMILES string of the molecule is c1ccc(-c2ccccc2-c2cccc(N(c3ccc(-c4cccc(-n5c6ccccc6c6ccccc65)c4)cc3)c3cccc(-c4ccc5c(c4)oc4ccccc45)c3)c2)cc1. The Bertz CT molecular complexity index is 3580. The summed E-state index contributed by atoms with van der Waals surface area (Å²) in [5.74, 6) is 0. The molecule has 296 valence electrons. The van der Waals surface area contributed by atoms with Gasteiger partial charge in [0.25, 0.3) is 0 Å². The van der Waals surface area contributed by atoms with Crippen molar-refractivity contribution in [3.05, 3.63) is 243 Å². The van der Waals surface area contributed by atoms with E-state index in [9.17, 15) is 0 Å². The molecule has 0 atom stereocenters. The van der Waals surface area contributed by atoms with Crippen molar-refractivity contribution in [1.82, 2.24) is 4.57 Å². The lowest BCUT2D eigenvalue weighted by Crippen LogP contribution is -2.10. The van der Waals surface area contributed by atoms with Crippen molar-refractivity contribution in [1.29, 1.82) is 0 Å². The highest BCUT2D eigenvalue weighted by Gasteiger charge is 2.18. The van der Waals surface area contributed by atoms with Gasteiger partial charge in [0, 0.05) is 44.3 Å². The van der Waals surface area contributed by atoms with E-state index in [1.165, 1.54) is 38.5 Å². The van der Waals surface area contributed by atoms with E-state index in [0.29, 0.717) is 0 Å². The van der Waals surface area contributed by atoms with E-state index in [1.807, 2.05) is 12.1 Å². The molecule has 3 nitrogen and oxygen atoms in total. The molecule has 0 unspecified atom stereocenters. The molecule has 0 aliphatic heterocycles. The second-order valence-electron chi connectivity index (χ2n) is 16.1. The van der Waals surface area contributed by atoms with Gasteiger partial charge in [0.2, 0.25) is 0 Å². The van der Waals surface area contributed by atoms with Gasteiger partial charge in [0.1, 0.15) is 11.2 Å². The average Bonchev–Trinajstić information content (AvgIpc) is 3.90. The highest BCUT2D eigenvalue weighted by molar-refractivity contribution is 6.09. The predicted octanol–water partition coefficient (Wildman–Crippen LogP) is 16.8. The van der Waals surface area contributed by atoms with Gasteiger partial charge in [-0.05, 0) is 123 Å². The van der Waals surface area contributed by atoms with E-state index >= 15 is 0 Å². The molecule has 0 radical (unpaired) electrons. The van der Waals surface area contributed by atoms with Gasteiger partial charge in [-0.15, -0.1) is 0 Å². The monoisotopic (exact) mass is 804 g/mol. The van der Waals surface area contributed by atoms with Crippen LogP contribution in [0, 0.1) is 0 Å². The van der Waals surface area contributed by atoms with Gasteiger partial charge in [-0.25, -0.2) is 0 Å². The summed E-state index contributed by atoms with van der Waals surface area (Å²) < 4.78 is 8.71. The van der Waals surface area contributed by atoms with Gasteiger partial charge in [-0.1, -0.05) is 164 Å². The minimum absolute atomic E-state index is 0.888. The Balaban J connectivity index is 0.964. The summed E-state index contributed by atoms with van der Waals surface area (Å²) >= 11 is 0. The van der Waals surface area contributed by atoms with Crippen LogP contribution in [0.5, 0.6) is 0 Å². The Hall–Kier alpha value is -8.40. The van der Waals surface area contributed by atoms with Gasteiger partial charge in [-0.2, -0.15) is 0 Å².